The molecule has 0 atom stereocenters. The summed E-state index contributed by atoms with van der Waals surface area (Å²) in [6.07, 6.45) is 1.82. The second-order valence-electron chi connectivity index (χ2n) is 4.69. The Bertz CT molecular complexity index is 437. The van der Waals surface area contributed by atoms with Gasteiger partial charge in [0.1, 0.15) is 5.75 Å². The first-order valence-corrected chi connectivity index (χ1v) is 7.48. The molecule has 6 heteroatoms. The number of ether oxygens (including phenoxy) is 1. The molecule has 2 rings (SSSR count). The SMILES string of the molecule is COc1cccc(SCC(=O)N2CCC(N)CC2)c1.Cl. The number of hydrogen-bond donors (Lipinski definition) is 1. The molecule has 1 amide bonds. The zero-order chi connectivity index (χ0) is 13.7. The van der Waals surface area contributed by atoms with Crippen LogP contribution in [0.25, 0.3) is 0 Å². The number of benzene rings is 1. The molecule has 112 valence electrons. The number of thioether (sulfide) groups is 1. The summed E-state index contributed by atoms with van der Waals surface area (Å²) in [5, 5.41) is 0. The molecule has 0 radical (unpaired) electrons. The zero-order valence-electron chi connectivity index (χ0n) is 11.6. The first-order valence-electron chi connectivity index (χ1n) is 6.49. The second kappa shape index (κ2) is 8.39. The van der Waals surface area contributed by atoms with Crippen LogP contribution in [0.2, 0.25) is 0 Å². The zero-order valence-corrected chi connectivity index (χ0v) is 13.2. The molecule has 0 unspecified atom stereocenters. The highest BCUT2D eigenvalue weighted by Gasteiger charge is 2.20. The molecule has 0 saturated carbocycles. The third-order valence-corrected chi connectivity index (χ3v) is 4.27. The summed E-state index contributed by atoms with van der Waals surface area (Å²) in [4.78, 5) is 15.0. The number of amides is 1. The van der Waals surface area contributed by atoms with Gasteiger partial charge in [-0.1, -0.05) is 6.07 Å². The average Bonchev–Trinajstić information content (AvgIpc) is 2.46. The van der Waals surface area contributed by atoms with Crippen LogP contribution in [-0.2, 0) is 4.79 Å². The maximum atomic E-state index is 12.1. The number of likely N-dealkylation sites (tertiary alicyclic amines) is 1. The highest BCUT2D eigenvalue weighted by Crippen LogP contribution is 2.23. The van der Waals surface area contributed by atoms with Crippen molar-refractivity contribution in [2.45, 2.75) is 23.8 Å². The van der Waals surface area contributed by atoms with Crippen molar-refractivity contribution in [3.63, 3.8) is 0 Å². The van der Waals surface area contributed by atoms with Crippen LogP contribution in [0.3, 0.4) is 0 Å². The van der Waals surface area contributed by atoms with Gasteiger partial charge < -0.3 is 15.4 Å². The fourth-order valence-electron chi connectivity index (χ4n) is 2.08. The van der Waals surface area contributed by atoms with Gasteiger partial charge in [0.25, 0.3) is 0 Å². The molecule has 20 heavy (non-hydrogen) atoms. The van der Waals surface area contributed by atoms with E-state index in [0.29, 0.717) is 5.75 Å². The fraction of sp³-hybridized carbons (Fsp3) is 0.500. The van der Waals surface area contributed by atoms with Crippen molar-refractivity contribution < 1.29 is 9.53 Å². The van der Waals surface area contributed by atoms with Crippen molar-refractivity contribution in [2.24, 2.45) is 5.73 Å². The second-order valence-corrected chi connectivity index (χ2v) is 5.73. The first-order chi connectivity index (χ1) is 9.19. The van der Waals surface area contributed by atoms with E-state index in [-0.39, 0.29) is 24.4 Å². The predicted molar refractivity (Wildman–Crippen MR) is 84.8 cm³/mol. The molecule has 0 spiro atoms. The van der Waals surface area contributed by atoms with Crippen LogP contribution in [0.4, 0.5) is 0 Å². The summed E-state index contributed by atoms with van der Waals surface area (Å²) in [6.45, 7) is 1.58. The molecular formula is C14H21ClN2O2S. The van der Waals surface area contributed by atoms with E-state index in [0.717, 1.165) is 36.6 Å². The van der Waals surface area contributed by atoms with Crippen LogP contribution in [0, 0.1) is 0 Å². The number of nitrogens with zero attached hydrogens (tertiary/aromatic N) is 1. The van der Waals surface area contributed by atoms with E-state index in [2.05, 4.69) is 0 Å². The summed E-state index contributed by atoms with van der Waals surface area (Å²) in [5.41, 5.74) is 5.84. The Hall–Kier alpha value is -0.910. The van der Waals surface area contributed by atoms with Gasteiger partial charge in [0, 0.05) is 24.0 Å². The van der Waals surface area contributed by atoms with E-state index in [9.17, 15) is 4.79 Å². The normalized spacial score (nSPS) is 15.6. The van der Waals surface area contributed by atoms with Crippen LogP contribution in [-0.4, -0.2) is 42.8 Å². The van der Waals surface area contributed by atoms with E-state index in [4.69, 9.17) is 10.5 Å². The Morgan fingerprint density at radius 2 is 2.15 bits per heavy atom. The molecule has 1 aliphatic rings. The molecule has 1 heterocycles. The Balaban J connectivity index is 0.00000200. The number of nitrogens with two attached hydrogens (primary N) is 1. The van der Waals surface area contributed by atoms with Gasteiger partial charge in [-0.05, 0) is 31.0 Å². The predicted octanol–water partition coefficient (Wildman–Crippen LogP) is 2.16. The van der Waals surface area contributed by atoms with Gasteiger partial charge in [-0.2, -0.15) is 0 Å². The molecule has 0 bridgehead atoms. The highest BCUT2D eigenvalue weighted by atomic mass is 35.5. The van der Waals surface area contributed by atoms with Gasteiger partial charge in [-0.15, -0.1) is 24.2 Å². The molecule has 1 aromatic rings. The lowest BCUT2D eigenvalue weighted by molar-refractivity contribution is -0.129. The van der Waals surface area contributed by atoms with Crippen molar-refractivity contribution in [1.29, 1.82) is 0 Å². The third-order valence-electron chi connectivity index (χ3n) is 3.30. The van der Waals surface area contributed by atoms with Gasteiger partial charge in [0.15, 0.2) is 0 Å². The van der Waals surface area contributed by atoms with Gasteiger partial charge >= 0.3 is 0 Å². The number of methoxy groups -OCH3 is 1. The Kier molecular flexibility index (Phi) is 7.19. The first kappa shape index (κ1) is 17.1. The van der Waals surface area contributed by atoms with Crippen molar-refractivity contribution in [3.05, 3.63) is 24.3 Å². The number of halogens is 1. The highest BCUT2D eigenvalue weighted by molar-refractivity contribution is 8.00. The average molecular weight is 317 g/mol. The number of carbonyl (C=O) groups excluding carboxylic acids is 1. The summed E-state index contributed by atoms with van der Waals surface area (Å²) >= 11 is 1.55. The summed E-state index contributed by atoms with van der Waals surface area (Å²) < 4.78 is 5.17. The maximum absolute atomic E-state index is 12.1. The molecule has 4 nitrogen and oxygen atoms in total. The topological polar surface area (TPSA) is 55.6 Å². The largest absolute Gasteiger partial charge is 0.497 e. The molecule has 2 N–H and O–H groups in total. The summed E-state index contributed by atoms with van der Waals surface area (Å²) in [7, 11) is 1.64. The van der Waals surface area contributed by atoms with E-state index in [1.165, 1.54) is 0 Å². The summed E-state index contributed by atoms with van der Waals surface area (Å²) in [5.74, 6) is 1.49. The van der Waals surface area contributed by atoms with E-state index < -0.39 is 0 Å². The number of rotatable bonds is 4. The minimum atomic E-state index is 0. The van der Waals surface area contributed by atoms with E-state index in [1.54, 1.807) is 18.9 Å². The Morgan fingerprint density at radius 1 is 1.45 bits per heavy atom. The van der Waals surface area contributed by atoms with Crippen LogP contribution < -0.4 is 10.5 Å². The standard InChI is InChI=1S/C14H20N2O2S.ClH/c1-18-12-3-2-4-13(9-12)19-10-14(17)16-7-5-11(15)6-8-16;/h2-4,9,11H,5-8,10,15H2,1H3;1H. The molecule has 1 saturated heterocycles. The fourth-order valence-corrected chi connectivity index (χ4v) is 2.92. The van der Waals surface area contributed by atoms with Gasteiger partial charge in [-0.25, -0.2) is 0 Å². The van der Waals surface area contributed by atoms with Crippen molar-refractivity contribution in [3.8, 4) is 5.75 Å². The van der Waals surface area contributed by atoms with Gasteiger partial charge in [0.2, 0.25) is 5.91 Å². The number of carbonyl (C=O) groups is 1. The minimum Gasteiger partial charge on any atom is -0.497 e. The smallest absolute Gasteiger partial charge is 0.232 e. The van der Waals surface area contributed by atoms with Crippen LogP contribution in [0.15, 0.2) is 29.2 Å². The number of piperidine rings is 1. The Labute approximate surface area is 130 Å². The maximum Gasteiger partial charge on any atom is 0.232 e. The molecule has 0 aliphatic carbocycles. The lowest BCUT2D eigenvalue weighted by atomic mass is 10.1. The molecule has 1 aliphatic heterocycles. The quantitative estimate of drug-likeness (QED) is 0.865. The lowest BCUT2D eigenvalue weighted by Crippen LogP contribution is -2.43. The van der Waals surface area contributed by atoms with E-state index >= 15 is 0 Å². The van der Waals surface area contributed by atoms with Crippen LogP contribution in [0.5, 0.6) is 5.75 Å². The lowest BCUT2D eigenvalue weighted by Gasteiger charge is -2.30. The van der Waals surface area contributed by atoms with Gasteiger partial charge in [0.05, 0.1) is 12.9 Å². The number of hydrogen-bond acceptors (Lipinski definition) is 4. The van der Waals surface area contributed by atoms with Crippen LogP contribution in [0.1, 0.15) is 12.8 Å². The van der Waals surface area contributed by atoms with Gasteiger partial charge in [-0.3, -0.25) is 4.79 Å². The van der Waals surface area contributed by atoms with Crippen molar-refractivity contribution in [1.82, 2.24) is 4.90 Å². The van der Waals surface area contributed by atoms with Crippen molar-refractivity contribution in [2.75, 3.05) is 26.0 Å². The third kappa shape index (κ3) is 4.89. The van der Waals surface area contributed by atoms with E-state index in [1.807, 2.05) is 29.2 Å². The molecule has 0 aromatic heterocycles. The monoisotopic (exact) mass is 316 g/mol. The summed E-state index contributed by atoms with van der Waals surface area (Å²) in [6, 6.07) is 8.04. The molecule has 1 aromatic carbocycles. The molecule has 1 fully saturated rings. The van der Waals surface area contributed by atoms with Crippen LogP contribution >= 0.6 is 24.2 Å². The molecular weight excluding hydrogens is 296 g/mol. The van der Waals surface area contributed by atoms with Crippen molar-refractivity contribution >= 4 is 30.1 Å². The Morgan fingerprint density at radius 3 is 2.80 bits per heavy atom. The minimum absolute atomic E-state index is 0.